The standard InChI is InChI=1S/C10H17N3O2/c1-4-15-8-5-6-11-9(13-8)12-7-10(2,3)14/h5-6,14H,4,7H2,1-3H3,(H,11,12,13). The first kappa shape index (κ1) is 11.7. The number of hydrogen-bond acceptors (Lipinski definition) is 5. The number of nitrogens with zero attached hydrogens (tertiary/aromatic N) is 2. The van der Waals surface area contributed by atoms with Crippen LogP contribution in [-0.4, -0.2) is 33.8 Å². The fourth-order valence-corrected chi connectivity index (χ4v) is 0.951. The number of hydrogen-bond donors (Lipinski definition) is 2. The van der Waals surface area contributed by atoms with E-state index in [0.29, 0.717) is 25.0 Å². The number of aromatic nitrogens is 2. The maximum atomic E-state index is 9.50. The fraction of sp³-hybridized carbons (Fsp3) is 0.600. The van der Waals surface area contributed by atoms with Gasteiger partial charge in [0.15, 0.2) is 0 Å². The van der Waals surface area contributed by atoms with Gasteiger partial charge in [0.1, 0.15) is 0 Å². The molecule has 0 atom stereocenters. The van der Waals surface area contributed by atoms with Crippen LogP contribution in [0.4, 0.5) is 5.95 Å². The van der Waals surface area contributed by atoms with Crippen LogP contribution in [-0.2, 0) is 0 Å². The molecule has 2 N–H and O–H groups in total. The van der Waals surface area contributed by atoms with Crippen LogP contribution in [0.5, 0.6) is 5.88 Å². The molecule has 0 aliphatic carbocycles. The summed E-state index contributed by atoms with van der Waals surface area (Å²) in [6, 6.07) is 1.69. The molecule has 0 saturated heterocycles. The van der Waals surface area contributed by atoms with Gasteiger partial charge in [0.25, 0.3) is 0 Å². The molecule has 0 aromatic carbocycles. The summed E-state index contributed by atoms with van der Waals surface area (Å²) in [5.41, 5.74) is -0.787. The van der Waals surface area contributed by atoms with Crippen molar-refractivity contribution in [3.8, 4) is 5.88 Å². The normalized spacial score (nSPS) is 11.2. The van der Waals surface area contributed by atoms with Crippen molar-refractivity contribution in [2.45, 2.75) is 26.4 Å². The molecule has 0 bridgehead atoms. The van der Waals surface area contributed by atoms with Gasteiger partial charge in [-0.15, -0.1) is 0 Å². The molecule has 1 aromatic rings. The Morgan fingerprint density at radius 3 is 2.87 bits per heavy atom. The molecular formula is C10H17N3O2. The summed E-state index contributed by atoms with van der Waals surface area (Å²) in [4.78, 5) is 8.12. The van der Waals surface area contributed by atoms with E-state index >= 15 is 0 Å². The molecule has 0 saturated carbocycles. The number of nitrogens with one attached hydrogen (secondary N) is 1. The van der Waals surface area contributed by atoms with Crippen molar-refractivity contribution in [2.75, 3.05) is 18.5 Å². The molecule has 0 amide bonds. The number of ether oxygens (including phenoxy) is 1. The molecule has 15 heavy (non-hydrogen) atoms. The Hall–Kier alpha value is -1.36. The lowest BCUT2D eigenvalue weighted by Crippen LogP contribution is -2.29. The number of aliphatic hydroxyl groups is 1. The van der Waals surface area contributed by atoms with Gasteiger partial charge in [0.2, 0.25) is 11.8 Å². The zero-order valence-electron chi connectivity index (χ0n) is 9.32. The Morgan fingerprint density at radius 1 is 1.53 bits per heavy atom. The third-order valence-corrected chi connectivity index (χ3v) is 1.60. The molecule has 0 aliphatic rings. The summed E-state index contributed by atoms with van der Waals surface area (Å²) in [7, 11) is 0. The van der Waals surface area contributed by atoms with Gasteiger partial charge in [-0.2, -0.15) is 4.98 Å². The Morgan fingerprint density at radius 2 is 2.27 bits per heavy atom. The third kappa shape index (κ3) is 4.60. The van der Waals surface area contributed by atoms with E-state index in [1.54, 1.807) is 26.1 Å². The van der Waals surface area contributed by atoms with Crippen LogP contribution < -0.4 is 10.1 Å². The quantitative estimate of drug-likeness (QED) is 0.762. The van der Waals surface area contributed by atoms with Crippen LogP contribution in [0.1, 0.15) is 20.8 Å². The van der Waals surface area contributed by atoms with E-state index in [4.69, 9.17) is 4.74 Å². The van der Waals surface area contributed by atoms with Gasteiger partial charge in [-0.3, -0.25) is 0 Å². The highest BCUT2D eigenvalue weighted by molar-refractivity contribution is 5.27. The lowest BCUT2D eigenvalue weighted by atomic mass is 10.1. The summed E-state index contributed by atoms with van der Waals surface area (Å²) in [6.07, 6.45) is 1.62. The maximum absolute atomic E-state index is 9.50. The minimum absolute atomic E-state index is 0.391. The van der Waals surface area contributed by atoms with Crippen LogP contribution in [0.3, 0.4) is 0 Å². The summed E-state index contributed by atoms with van der Waals surface area (Å²) in [5, 5.41) is 12.4. The first-order chi connectivity index (χ1) is 7.01. The highest BCUT2D eigenvalue weighted by Crippen LogP contribution is 2.09. The van der Waals surface area contributed by atoms with E-state index in [0.717, 1.165) is 0 Å². The van der Waals surface area contributed by atoms with Gasteiger partial charge in [0.05, 0.1) is 12.2 Å². The molecule has 1 heterocycles. The van der Waals surface area contributed by atoms with E-state index in [1.807, 2.05) is 6.92 Å². The minimum Gasteiger partial charge on any atom is -0.478 e. The van der Waals surface area contributed by atoms with E-state index in [2.05, 4.69) is 15.3 Å². The number of rotatable bonds is 5. The van der Waals surface area contributed by atoms with Crippen LogP contribution in [0.15, 0.2) is 12.3 Å². The fourth-order valence-electron chi connectivity index (χ4n) is 0.951. The molecule has 0 fully saturated rings. The van der Waals surface area contributed by atoms with Crippen LogP contribution in [0.25, 0.3) is 0 Å². The van der Waals surface area contributed by atoms with Crippen LogP contribution in [0, 0.1) is 0 Å². The minimum atomic E-state index is -0.787. The second-order valence-corrected chi connectivity index (χ2v) is 3.82. The highest BCUT2D eigenvalue weighted by Gasteiger charge is 2.12. The monoisotopic (exact) mass is 211 g/mol. The molecule has 0 spiro atoms. The molecule has 5 heteroatoms. The SMILES string of the molecule is CCOc1ccnc(NCC(C)(C)O)n1. The Bertz CT molecular complexity index is 310. The van der Waals surface area contributed by atoms with Gasteiger partial charge >= 0.3 is 0 Å². The average Bonchev–Trinajstić information content (AvgIpc) is 2.15. The van der Waals surface area contributed by atoms with Crippen LogP contribution >= 0.6 is 0 Å². The van der Waals surface area contributed by atoms with Crippen molar-refractivity contribution in [2.24, 2.45) is 0 Å². The van der Waals surface area contributed by atoms with Crippen molar-refractivity contribution in [3.63, 3.8) is 0 Å². The van der Waals surface area contributed by atoms with Gasteiger partial charge in [-0.05, 0) is 20.8 Å². The Kier molecular flexibility index (Phi) is 3.85. The second kappa shape index (κ2) is 4.93. The Balaban J connectivity index is 2.57. The van der Waals surface area contributed by atoms with Crippen molar-refractivity contribution in [1.29, 1.82) is 0 Å². The summed E-state index contributed by atoms with van der Waals surface area (Å²) in [6.45, 7) is 6.29. The smallest absolute Gasteiger partial charge is 0.226 e. The van der Waals surface area contributed by atoms with E-state index in [-0.39, 0.29) is 0 Å². The van der Waals surface area contributed by atoms with Crippen molar-refractivity contribution >= 4 is 5.95 Å². The largest absolute Gasteiger partial charge is 0.478 e. The first-order valence-electron chi connectivity index (χ1n) is 4.93. The zero-order valence-corrected chi connectivity index (χ0v) is 9.32. The first-order valence-corrected chi connectivity index (χ1v) is 4.93. The predicted octanol–water partition coefficient (Wildman–Crippen LogP) is 1.06. The number of anilines is 1. The van der Waals surface area contributed by atoms with Gasteiger partial charge < -0.3 is 15.2 Å². The van der Waals surface area contributed by atoms with E-state index < -0.39 is 5.60 Å². The van der Waals surface area contributed by atoms with Crippen molar-refractivity contribution < 1.29 is 9.84 Å². The molecular weight excluding hydrogens is 194 g/mol. The summed E-state index contributed by atoms with van der Waals surface area (Å²) < 4.78 is 5.22. The van der Waals surface area contributed by atoms with Crippen LogP contribution in [0.2, 0.25) is 0 Å². The topological polar surface area (TPSA) is 67.3 Å². The van der Waals surface area contributed by atoms with Crippen molar-refractivity contribution in [1.82, 2.24) is 9.97 Å². The molecule has 84 valence electrons. The molecule has 5 nitrogen and oxygen atoms in total. The Labute approximate surface area is 89.5 Å². The van der Waals surface area contributed by atoms with E-state index in [9.17, 15) is 5.11 Å². The highest BCUT2D eigenvalue weighted by atomic mass is 16.5. The second-order valence-electron chi connectivity index (χ2n) is 3.82. The summed E-state index contributed by atoms with van der Waals surface area (Å²) >= 11 is 0. The van der Waals surface area contributed by atoms with Gasteiger partial charge in [0, 0.05) is 18.8 Å². The molecule has 1 aromatic heterocycles. The predicted molar refractivity (Wildman–Crippen MR) is 58.0 cm³/mol. The van der Waals surface area contributed by atoms with Crippen molar-refractivity contribution in [3.05, 3.63) is 12.3 Å². The lowest BCUT2D eigenvalue weighted by Gasteiger charge is -2.17. The molecule has 0 radical (unpaired) electrons. The van der Waals surface area contributed by atoms with Gasteiger partial charge in [-0.25, -0.2) is 4.98 Å². The average molecular weight is 211 g/mol. The zero-order chi connectivity index (χ0) is 11.3. The maximum Gasteiger partial charge on any atom is 0.226 e. The third-order valence-electron chi connectivity index (χ3n) is 1.60. The summed E-state index contributed by atoms with van der Waals surface area (Å²) in [5.74, 6) is 0.994. The molecule has 0 aliphatic heterocycles. The molecule has 0 unspecified atom stereocenters. The lowest BCUT2D eigenvalue weighted by molar-refractivity contribution is 0.0943. The molecule has 1 rings (SSSR count). The van der Waals surface area contributed by atoms with E-state index in [1.165, 1.54) is 0 Å². The van der Waals surface area contributed by atoms with Gasteiger partial charge in [-0.1, -0.05) is 0 Å².